The second kappa shape index (κ2) is 4.47. The summed E-state index contributed by atoms with van der Waals surface area (Å²) in [5, 5.41) is 14.6. The van der Waals surface area contributed by atoms with Gasteiger partial charge in [-0.2, -0.15) is 0 Å². The van der Waals surface area contributed by atoms with Crippen LogP contribution in [0.3, 0.4) is 0 Å². The molecule has 5 heteroatoms. The standard InChI is InChI=1S/C11H16BrNO2S/c1-10(2,11(3,4)15)13-9(14)8-7(12)5-6-16-8/h5-6,15H,1-4H3,(H,13,14). The summed E-state index contributed by atoms with van der Waals surface area (Å²) in [4.78, 5) is 12.6. The fourth-order valence-electron chi connectivity index (χ4n) is 0.949. The van der Waals surface area contributed by atoms with E-state index in [0.29, 0.717) is 4.88 Å². The number of aliphatic hydroxyl groups is 1. The molecule has 0 fully saturated rings. The Balaban J connectivity index is 2.84. The van der Waals surface area contributed by atoms with Gasteiger partial charge in [-0.15, -0.1) is 11.3 Å². The first-order valence-corrected chi connectivity index (χ1v) is 6.60. The Labute approximate surface area is 108 Å². The van der Waals surface area contributed by atoms with Crippen LogP contribution in [0.2, 0.25) is 0 Å². The molecule has 0 aromatic carbocycles. The van der Waals surface area contributed by atoms with Gasteiger partial charge in [-0.3, -0.25) is 4.79 Å². The molecule has 90 valence electrons. The average molecular weight is 306 g/mol. The summed E-state index contributed by atoms with van der Waals surface area (Å²) in [7, 11) is 0. The topological polar surface area (TPSA) is 49.3 Å². The number of thiophene rings is 1. The molecule has 0 unspecified atom stereocenters. The van der Waals surface area contributed by atoms with Crippen molar-refractivity contribution in [3.05, 3.63) is 20.8 Å². The Morgan fingerprint density at radius 2 is 2.00 bits per heavy atom. The van der Waals surface area contributed by atoms with E-state index in [1.54, 1.807) is 27.7 Å². The van der Waals surface area contributed by atoms with Crippen LogP contribution in [0, 0.1) is 0 Å². The molecule has 1 amide bonds. The Kier molecular flexibility index (Phi) is 3.82. The largest absolute Gasteiger partial charge is 0.388 e. The molecule has 1 aromatic heterocycles. The van der Waals surface area contributed by atoms with Gasteiger partial charge in [-0.05, 0) is 55.1 Å². The minimum atomic E-state index is -0.980. The van der Waals surface area contributed by atoms with Crippen molar-refractivity contribution in [2.24, 2.45) is 0 Å². The molecule has 0 saturated heterocycles. The molecular weight excluding hydrogens is 290 g/mol. The van der Waals surface area contributed by atoms with E-state index >= 15 is 0 Å². The highest BCUT2D eigenvalue weighted by atomic mass is 79.9. The number of hydrogen-bond donors (Lipinski definition) is 2. The lowest BCUT2D eigenvalue weighted by atomic mass is 9.86. The molecule has 0 bridgehead atoms. The third-order valence-corrected chi connectivity index (χ3v) is 4.62. The number of hydrogen-bond acceptors (Lipinski definition) is 3. The van der Waals surface area contributed by atoms with Crippen LogP contribution in [0.4, 0.5) is 0 Å². The van der Waals surface area contributed by atoms with Crippen LogP contribution in [-0.4, -0.2) is 22.2 Å². The number of nitrogens with one attached hydrogen (secondary N) is 1. The van der Waals surface area contributed by atoms with E-state index in [9.17, 15) is 9.90 Å². The van der Waals surface area contributed by atoms with Crippen molar-refractivity contribution in [2.75, 3.05) is 0 Å². The summed E-state index contributed by atoms with van der Waals surface area (Å²) in [6.07, 6.45) is 0. The third kappa shape index (κ3) is 2.84. The number of amides is 1. The predicted octanol–water partition coefficient (Wildman–Crippen LogP) is 2.79. The van der Waals surface area contributed by atoms with Crippen molar-refractivity contribution >= 4 is 33.2 Å². The Bertz CT molecular complexity index is 393. The first-order chi connectivity index (χ1) is 7.15. The Hall–Kier alpha value is -0.390. The van der Waals surface area contributed by atoms with Gasteiger partial charge < -0.3 is 10.4 Å². The second-order valence-corrected chi connectivity index (χ2v) is 6.51. The molecule has 1 rings (SSSR count). The first-order valence-electron chi connectivity index (χ1n) is 4.93. The fourth-order valence-corrected chi connectivity index (χ4v) is 2.40. The van der Waals surface area contributed by atoms with Gasteiger partial charge in [0, 0.05) is 4.47 Å². The van der Waals surface area contributed by atoms with Crippen molar-refractivity contribution in [1.29, 1.82) is 0 Å². The monoisotopic (exact) mass is 305 g/mol. The molecule has 16 heavy (non-hydrogen) atoms. The summed E-state index contributed by atoms with van der Waals surface area (Å²) < 4.78 is 0.779. The van der Waals surface area contributed by atoms with Crippen LogP contribution in [0.5, 0.6) is 0 Å². The second-order valence-electron chi connectivity index (χ2n) is 4.74. The summed E-state index contributed by atoms with van der Waals surface area (Å²) in [6, 6.07) is 1.83. The lowest BCUT2D eigenvalue weighted by Gasteiger charge is -2.37. The summed E-state index contributed by atoms with van der Waals surface area (Å²) in [5.74, 6) is -0.172. The van der Waals surface area contributed by atoms with Crippen molar-refractivity contribution in [3.8, 4) is 0 Å². The SMILES string of the molecule is CC(C)(O)C(C)(C)NC(=O)c1sccc1Br. The van der Waals surface area contributed by atoms with Crippen molar-refractivity contribution in [1.82, 2.24) is 5.32 Å². The quantitative estimate of drug-likeness (QED) is 0.902. The summed E-state index contributed by atoms with van der Waals surface area (Å²) in [6.45, 7) is 6.95. The molecule has 1 aromatic rings. The molecule has 0 atom stereocenters. The summed E-state index contributed by atoms with van der Waals surface area (Å²) >= 11 is 4.68. The first kappa shape index (κ1) is 13.7. The number of rotatable bonds is 3. The minimum Gasteiger partial charge on any atom is -0.388 e. The molecule has 0 spiro atoms. The van der Waals surface area contributed by atoms with Crippen LogP contribution < -0.4 is 5.32 Å². The molecule has 3 nitrogen and oxygen atoms in total. The normalized spacial score (nSPS) is 12.6. The van der Waals surface area contributed by atoms with Crippen LogP contribution in [0.25, 0.3) is 0 Å². The molecule has 0 radical (unpaired) electrons. The fraction of sp³-hybridized carbons (Fsp3) is 0.545. The Morgan fingerprint density at radius 1 is 1.44 bits per heavy atom. The molecule has 0 saturated carbocycles. The van der Waals surface area contributed by atoms with E-state index in [1.165, 1.54) is 11.3 Å². The van der Waals surface area contributed by atoms with Crippen LogP contribution in [0.15, 0.2) is 15.9 Å². The average Bonchev–Trinajstić information content (AvgIpc) is 2.48. The van der Waals surface area contributed by atoms with Crippen molar-refractivity contribution in [2.45, 2.75) is 38.8 Å². The third-order valence-electron chi connectivity index (χ3n) is 2.78. The van der Waals surface area contributed by atoms with E-state index < -0.39 is 11.1 Å². The van der Waals surface area contributed by atoms with Gasteiger partial charge in [0.2, 0.25) is 0 Å². The lowest BCUT2D eigenvalue weighted by Crippen LogP contribution is -2.57. The molecular formula is C11H16BrNO2S. The van der Waals surface area contributed by atoms with Gasteiger partial charge in [0.15, 0.2) is 0 Å². The van der Waals surface area contributed by atoms with Gasteiger partial charge in [0.05, 0.1) is 11.1 Å². The van der Waals surface area contributed by atoms with Crippen molar-refractivity contribution < 1.29 is 9.90 Å². The number of carbonyl (C=O) groups is 1. The summed E-state index contributed by atoms with van der Waals surface area (Å²) in [5.41, 5.74) is -1.67. The highest BCUT2D eigenvalue weighted by Crippen LogP contribution is 2.25. The highest BCUT2D eigenvalue weighted by molar-refractivity contribution is 9.10. The maximum absolute atomic E-state index is 11.9. The van der Waals surface area contributed by atoms with Gasteiger partial charge in [0.25, 0.3) is 5.91 Å². The minimum absolute atomic E-state index is 0.172. The van der Waals surface area contributed by atoms with Gasteiger partial charge >= 0.3 is 0 Å². The maximum atomic E-state index is 11.9. The van der Waals surface area contributed by atoms with Crippen LogP contribution in [0.1, 0.15) is 37.4 Å². The van der Waals surface area contributed by atoms with Gasteiger partial charge in [-0.25, -0.2) is 0 Å². The molecule has 1 heterocycles. The van der Waals surface area contributed by atoms with Crippen molar-refractivity contribution in [3.63, 3.8) is 0 Å². The van der Waals surface area contributed by atoms with Gasteiger partial charge in [-0.1, -0.05) is 0 Å². The zero-order chi connectivity index (χ0) is 12.6. The van der Waals surface area contributed by atoms with E-state index in [-0.39, 0.29) is 5.91 Å². The number of carbonyl (C=O) groups excluding carboxylic acids is 1. The molecule has 2 N–H and O–H groups in total. The van der Waals surface area contributed by atoms with E-state index in [2.05, 4.69) is 21.2 Å². The van der Waals surface area contributed by atoms with Gasteiger partial charge in [0.1, 0.15) is 4.88 Å². The lowest BCUT2D eigenvalue weighted by molar-refractivity contribution is -0.00286. The molecule has 0 aliphatic rings. The smallest absolute Gasteiger partial charge is 0.263 e. The zero-order valence-electron chi connectivity index (χ0n) is 9.80. The maximum Gasteiger partial charge on any atom is 0.263 e. The zero-order valence-corrected chi connectivity index (χ0v) is 12.2. The van der Waals surface area contributed by atoms with E-state index in [0.717, 1.165) is 4.47 Å². The highest BCUT2D eigenvalue weighted by Gasteiger charge is 2.36. The molecule has 0 aliphatic carbocycles. The number of halogens is 1. The van der Waals surface area contributed by atoms with E-state index in [4.69, 9.17) is 0 Å². The molecule has 0 aliphatic heterocycles. The predicted molar refractivity (Wildman–Crippen MR) is 69.9 cm³/mol. The van der Waals surface area contributed by atoms with E-state index in [1.807, 2.05) is 11.4 Å². The van der Waals surface area contributed by atoms with Crippen LogP contribution >= 0.6 is 27.3 Å². The van der Waals surface area contributed by atoms with Crippen LogP contribution in [-0.2, 0) is 0 Å². The Morgan fingerprint density at radius 3 is 2.38 bits per heavy atom.